The normalized spacial score (nSPS) is 12.2. The van der Waals surface area contributed by atoms with Crippen LogP contribution in [0.2, 0.25) is 0 Å². The molecule has 2 aromatic carbocycles. The van der Waals surface area contributed by atoms with Crippen molar-refractivity contribution in [3.05, 3.63) is 71.3 Å². The van der Waals surface area contributed by atoms with E-state index in [4.69, 9.17) is 14.2 Å². The number of benzene rings is 2. The Morgan fingerprint density at radius 1 is 1.09 bits per heavy atom. The summed E-state index contributed by atoms with van der Waals surface area (Å²) >= 11 is 0. The van der Waals surface area contributed by atoms with Gasteiger partial charge >= 0.3 is 0 Å². The first-order chi connectivity index (χ1) is 15.6. The van der Waals surface area contributed by atoms with E-state index in [1.807, 2.05) is 25.1 Å². The molecule has 1 amide bonds. The Balaban J connectivity index is 1.35. The molecule has 0 spiro atoms. The Kier molecular flexibility index (Phi) is 4.98. The summed E-state index contributed by atoms with van der Waals surface area (Å²) in [5.74, 6) is 1.74. The predicted octanol–water partition coefficient (Wildman–Crippen LogP) is 2.93. The van der Waals surface area contributed by atoms with Crippen molar-refractivity contribution in [1.29, 1.82) is 0 Å². The highest BCUT2D eigenvalue weighted by atomic mass is 16.7. The molecule has 4 aromatic rings. The molecule has 9 heteroatoms. The van der Waals surface area contributed by atoms with Crippen LogP contribution in [0.1, 0.15) is 6.92 Å². The fourth-order valence-electron chi connectivity index (χ4n) is 3.50. The topological polar surface area (TPSA) is 96.1 Å². The fourth-order valence-corrected chi connectivity index (χ4v) is 3.50. The number of carbonyl (C=O) groups is 1. The summed E-state index contributed by atoms with van der Waals surface area (Å²) in [6.07, 6.45) is 3.20. The summed E-state index contributed by atoms with van der Waals surface area (Å²) in [4.78, 5) is 25.4. The molecule has 2 aromatic heterocycles. The average Bonchev–Trinajstić information content (AvgIpc) is 3.44. The van der Waals surface area contributed by atoms with Crippen molar-refractivity contribution in [3.8, 4) is 28.5 Å². The average molecular weight is 432 g/mol. The highest BCUT2D eigenvalue weighted by molar-refractivity contribution is 5.90. The summed E-state index contributed by atoms with van der Waals surface area (Å²) in [6.45, 7) is 2.55. The molecule has 0 radical (unpaired) electrons. The first-order valence-corrected chi connectivity index (χ1v) is 10.1. The maximum absolute atomic E-state index is 12.9. The Labute approximate surface area is 182 Å². The number of aromatic nitrogens is 3. The number of hydrogen-bond donors (Lipinski definition) is 1. The lowest BCUT2D eigenvalue weighted by Gasteiger charge is -2.08. The lowest BCUT2D eigenvalue weighted by atomic mass is 10.1. The standard InChI is InChI=1S/C23H20N4O5/c1-2-30-17-6-4-16(5-7-17)24-22(28)13-26-9-10-27-19(23(26)29)12-18(25-27)15-3-8-20-21(11-15)32-14-31-20/h3-12H,2,13-14H2,1H3,(H,24,28). The Hall–Kier alpha value is -4.27. The van der Waals surface area contributed by atoms with E-state index in [0.29, 0.717) is 35.0 Å². The van der Waals surface area contributed by atoms with Crippen LogP contribution in [0.5, 0.6) is 17.2 Å². The summed E-state index contributed by atoms with van der Waals surface area (Å²) in [7, 11) is 0. The van der Waals surface area contributed by atoms with Crippen molar-refractivity contribution in [2.75, 3.05) is 18.7 Å². The second-order valence-electron chi connectivity index (χ2n) is 7.16. The molecular weight excluding hydrogens is 412 g/mol. The van der Waals surface area contributed by atoms with Gasteiger partial charge in [-0.1, -0.05) is 0 Å². The van der Waals surface area contributed by atoms with E-state index in [-0.39, 0.29) is 24.8 Å². The molecule has 32 heavy (non-hydrogen) atoms. The van der Waals surface area contributed by atoms with Gasteiger partial charge in [0.1, 0.15) is 17.8 Å². The summed E-state index contributed by atoms with van der Waals surface area (Å²) < 4.78 is 19.0. The molecule has 0 aliphatic carbocycles. The molecule has 3 heterocycles. The number of amides is 1. The maximum Gasteiger partial charge on any atom is 0.277 e. The van der Waals surface area contributed by atoms with Crippen LogP contribution < -0.4 is 25.1 Å². The van der Waals surface area contributed by atoms with Gasteiger partial charge in [0.15, 0.2) is 11.5 Å². The number of nitrogens with one attached hydrogen (secondary N) is 1. The molecule has 0 saturated heterocycles. The van der Waals surface area contributed by atoms with E-state index in [1.165, 1.54) is 9.08 Å². The molecule has 1 aliphatic heterocycles. The quantitative estimate of drug-likeness (QED) is 0.503. The largest absolute Gasteiger partial charge is 0.494 e. The third-order valence-electron chi connectivity index (χ3n) is 5.03. The van der Waals surface area contributed by atoms with Crippen molar-refractivity contribution >= 4 is 17.1 Å². The van der Waals surface area contributed by atoms with Crippen molar-refractivity contribution in [3.63, 3.8) is 0 Å². The molecule has 162 valence electrons. The highest BCUT2D eigenvalue weighted by Gasteiger charge is 2.16. The van der Waals surface area contributed by atoms with Crippen molar-refractivity contribution in [2.45, 2.75) is 13.5 Å². The van der Waals surface area contributed by atoms with Gasteiger partial charge in [0.05, 0.1) is 12.3 Å². The molecule has 1 N–H and O–H groups in total. The lowest BCUT2D eigenvalue weighted by molar-refractivity contribution is -0.116. The fraction of sp³-hybridized carbons (Fsp3) is 0.174. The van der Waals surface area contributed by atoms with E-state index < -0.39 is 0 Å². The van der Waals surface area contributed by atoms with Crippen LogP contribution in [0.25, 0.3) is 16.8 Å². The van der Waals surface area contributed by atoms with Gasteiger partial charge in [-0.3, -0.25) is 9.59 Å². The monoisotopic (exact) mass is 432 g/mol. The van der Waals surface area contributed by atoms with E-state index in [0.717, 1.165) is 11.3 Å². The van der Waals surface area contributed by atoms with Crippen LogP contribution in [-0.2, 0) is 11.3 Å². The summed E-state index contributed by atoms with van der Waals surface area (Å²) in [5.41, 5.74) is 2.11. The van der Waals surface area contributed by atoms with Crippen LogP contribution in [0.3, 0.4) is 0 Å². The second kappa shape index (κ2) is 8.10. The summed E-state index contributed by atoms with van der Waals surface area (Å²) in [6, 6.07) is 14.3. The SMILES string of the molecule is CCOc1ccc(NC(=O)Cn2ccn3nc(-c4ccc5c(c4)OCO5)cc3c2=O)cc1. The van der Waals surface area contributed by atoms with Crippen LogP contribution >= 0.6 is 0 Å². The van der Waals surface area contributed by atoms with E-state index in [9.17, 15) is 9.59 Å². The van der Waals surface area contributed by atoms with Crippen molar-refractivity contribution in [1.82, 2.24) is 14.2 Å². The first-order valence-electron chi connectivity index (χ1n) is 10.1. The van der Waals surface area contributed by atoms with Crippen molar-refractivity contribution < 1.29 is 19.0 Å². The number of ether oxygens (including phenoxy) is 3. The zero-order valence-electron chi connectivity index (χ0n) is 17.3. The van der Waals surface area contributed by atoms with Gasteiger partial charge < -0.3 is 24.1 Å². The van der Waals surface area contributed by atoms with Gasteiger partial charge in [-0.05, 0) is 55.5 Å². The lowest BCUT2D eigenvalue weighted by Crippen LogP contribution is -2.28. The first kappa shape index (κ1) is 19.7. The molecule has 0 saturated carbocycles. The minimum atomic E-state index is -0.311. The smallest absolute Gasteiger partial charge is 0.277 e. The van der Waals surface area contributed by atoms with Gasteiger partial charge in [-0.2, -0.15) is 5.10 Å². The van der Waals surface area contributed by atoms with E-state index in [2.05, 4.69) is 10.4 Å². The number of nitrogens with zero attached hydrogens (tertiary/aromatic N) is 3. The van der Waals surface area contributed by atoms with E-state index in [1.54, 1.807) is 42.7 Å². The Bertz CT molecular complexity index is 1360. The molecule has 9 nitrogen and oxygen atoms in total. The van der Waals surface area contributed by atoms with Crippen LogP contribution in [-0.4, -0.2) is 33.5 Å². The third kappa shape index (κ3) is 3.76. The molecule has 0 unspecified atom stereocenters. The maximum atomic E-state index is 12.9. The van der Waals surface area contributed by atoms with Crippen LogP contribution in [0.4, 0.5) is 5.69 Å². The van der Waals surface area contributed by atoms with Crippen molar-refractivity contribution in [2.24, 2.45) is 0 Å². The zero-order valence-corrected chi connectivity index (χ0v) is 17.3. The van der Waals surface area contributed by atoms with Gasteiger partial charge in [0, 0.05) is 23.6 Å². The molecule has 0 atom stereocenters. The summed E-state index contributed by atoms with van der Waals surface area (Å²) in [5, 5.41) is 7.26. The Morgan fingerprint density at radius 2 is 1.91 bits per heavy atom. The Morgan fingerprint density at radius 3 is 2.72 bits per heavy atom. The number of fused-ring (bicyclic) bond motifs is 2. The minimum absolute atomic E-state index is 0.118. The molecule has 1 aliphatic rings. The number of rotatable bonds is 6. The molecule has 0 bridgehead atoms. The van der Waals surface area contributed by atoms with Crippen LogP contribution in [0, 0.1) is 0 Å². The molecule has 0 fully saturated rings. The molecular formula is C23H20N4O5. The van der Waals surface area contributed by atoms with Gasteiger partial charge in [0.25, 0.3) is 5.56 Å². The zero-order chi connectivity index (χ0) is 22.1. The number of carbonyl (C=O) groups excluding carboxylic acids is 1. The third-order valence-corrected chi connectivity index (χ3v) is 5.03. The van der Waals surface area contributed by atoms with Crippen LogP contribution in [0.15, 0.2) is 65.7 Å². The van der Waals surface area contributed by atoms with E-state index >= 15 is 0 Å². The van der Waals surface area contributed by atoms with Gasteiger partial charge in [-0.15, -0.1) is 0 Å². The second-order valence-corrected chi connectivity index (χ2v) is 7.16. The number of hydrogen-bond acceptors (Lipinski definition) is 6. The minimum Gasteiger partial charge on any atom is -0.494 e. The predicted molar refractivity (Wildman–Crippen MR) is 117 cm³/mol. The highest BCUT2D eigenvalue weighted by Crippen LogP contribution is 2.35. The number of anilines is 1. The van der Waals surface area contributed by atoms with Gasteiger partial charge in [-0.25, -0.2) is 4.52 Å². The van der Waals surface area contributed by atoms with Gasteiger partial charge in [0.2, 0.25) is 12.7 Å². The molecule has 5 rings (SSSR count).